The molecule has 1 aliphatic heterocycles. The zero-order chi connectivity index (χ0) is 25.3. The minimum Gasteiger partial charge on any atom is -0.404 e. The minimum absolute atomic E-state index is 0.00692. The molecule has 1 aliphatic carbocycles. The van der Waals surface area contributed by atoms with Gasteiger partial charge in [-0.2, -0.15) is 5.10 Å². The lowest BCUT2D eigenvalue weighted by molar-refractivity contribution is -0.137. The molecule has 2 atom stereocenters. The molecule has 3 heterocycles. The molecule has 0 unspecified atom stereocenters. The third-order valence-electron chi connectivity index (χ3n) is 7.16. The van der Waals surface area contributed by atoms with Crippen LogP contribution in [-0.4, -0.2) is 73.5 Å². The zero-order valence-corrected chi connectivity index (χ0v) is 21.5. The van der Waals surface area contributed by atoms with Crippen LogP contribution in [0.4, 0.5) is 0 Å². The number of aromatic nitrogens is 3. The van der Waals surface area contributed by atoms with Crippen molar-refractivity contribution in [2.45, 2.75) is 89.9 Å². The lowest BCUT2D eigenvalue weighted by atomic mass is 9.85. The van der Waals surface area contributed by atoms with E-state index in [1.807, 2.05) is 36.4 Å². The number of aryl methyl sites for hydroxylation is 1. The number of nitrogens with zero attached hydrogens (tertiary/aromatic N) is 5. The maximum absolute atomic E-state index is 13.3. The van der Waals surface area contributed by atoms with E-state index < -0.39 is 5.54 Å². The highest BCUT2D eigenvalue weighted by molar-refractivity contribution is 6.13. The molecule has 0 spiro atoms. The summed E-state index contributed by atoms with van der Waals surface area (Å²) in [5, 5.41) is 18.1. The molecule has 2 aliphatic rings. The fourth-order valence-electron chi connectivity index (χ4n) is 5.36. The van der Waals surface area contributed by atoms with Gasteiger partial charge >= 0.3 is 0 Å². The van der Waals surface area contributed by atoms with Crippen molar-refractivity contribution >= 4 is 23.2 Å². The van der Waals surface area contributed by atoms with E-state index in [0.29, 0.717) is 24.8 Å². The Balaban J connectivity index is 1.63. The molecule has 0 aromatic carbocycles. The molecule has 9 heteroatoms. The number of aliphatic hydroxyl groups excluding tert-OH is 1. The number of aliphatic hydroxyl groups is 1. The van der Waals surface area contributed by atoms with Crippen LogP contribution in [-0.2, 0) is 4.79 Å². The first kappa shape index (κ1) is 25.3. The first-order valence-corrected chi connectivity index (χ1v) is 12.6. The van der Waals surface area contributed by atoms with Crippen LogP contribution in [0.1, 0.15) is 76.4 Å². The van der Waals surface area contributed by atoms with Gasteiger partial charge in [0.25, 0.3) is 0 Å². The molecule has 1 amide bonds. The summed E-state index contributed by atoms with van der Waals surface area (Å²) in [5.41, 5.74) is 8.72. The summed E-state index contributed by atoms with van der Waals surface area (Å²) in [4.78, 5) is 24.4. The Morgan fingerprint density at radius 1 is 1.23 bits per heavy atom. The van der Waals surface area contributed by atoms with Gasteiger partial charge in [-0.1, -0.05) is 0 Å². The molecular formula is C26H39N7O2. The van der Waals surface area contributed by atoms with Gasteiger partial charge in [0.15, 0.2) is 0 Å². The fourth-order valence-corrected chi connectivity index (χ4v) is 5.36. The van der Waals surface area contributed by atoms with Gasteiger partial charge < -0.3 is 21.1 Å². The van der Waals surface area contributed by atoms with Gasteiger partial charge in [-0.05, 0) is 66.4 Å². The molecule has 0 radical (unpaired) electrons. The van der Waals surface area contributed by atoms with Crippen molar-refractivity contribution in [2.24, 2.45) is 10.7 Å². The second-order valence-electron chi connectivity index (χ2n) is 10.7. The molecule has 1 saturated heterocycles. The number of amides is 1. The van der Waals surface area contributed by atoms with E-state index >= 15 is 0 Å². The molecule has 4 rings (SSSR count). The first-order chi connectivity index (χ1) is 16.6. The molecule has 35 heavy (non-hydrogen) atoms. The van der Waals surface area contributed by atoms with Gasteiger partial charge in [-0.25, -0.2) is 9.50 Å². The molecule has 2 aromatic rings. The standard InChI is InChI=1S/C26H39N7O2/c1-16-14-32(15-17(2)30-16)25(35)26(4,5)29-12-20(11-27)22-10-23(19-6-8-21(34)9-7-19)33-24(22)13-28-18(3)31-33/h10-13,16-17,19,21,30,34H,6-9,14-15,27H2,1-5H3/t16-,17+,19?,21?. The van der Waals surface area contributed by atoms with Gasteiger partial charge in [0, 0.05) is 60.3 Å². The lowest BCUT2D eigenvalue weighted by Crippen LogP contribution is -2.59. The van der Waals surface area contributed by atoms with Crippen molar-refractivity contribution in [1.29, 1.82) is 0 Å². The van der Waals surface area contributed by atoms with Crippen LogP contribution in [0, 0.1) is 6.92 Å². The number of aliphatic imine (C=N–C) groups is 1. The van der Waals surface area contributed by atoms with E-state index in [9.17, 15) is 9.90 Å². The number of carbonyl (C=O) groups excluding carboxylic acids is 1. The number of rotatable bonds is 5. The second kappa shape index (κ2) is 10.1. The van der Waals surface area contributed by atoms with Crippen LogP contribution in [0.15, 0.2) is 23.5 Å². The Bertz CT molecular complexity index is 1120. The van der Waals surface area contributed by atoms with Crippen LogP contribution in [0.5, 0.6) is 0 Å². The number of piperazine rings is 1. The highest BCUT2D eigenvalue weighted by Crippen LogP contribution is 2.36. The molecule has 0 bridgehead atoms. The van der Waals surface area contributed by atoms with Crippen molar-refractivity contribution < 1.29 is 9.90 Å². The largest absolute Gasteiger partial charge is 0.404 e. The highest BCUT2D eigenvalue weighted by atomic mass is 16.3. The van der Waals surface area contributed by atoms with Crippen LogP contribution in [0.2, 0.25) is 0 Å². The van der Waals surface area contributed by atoms with Crippen LogP contribution in [0.25, 0.3) is 11.1 Å². The molecule has 4 N–H and O–H groups in total. The second-order valence-corrected chi connectivity index (χ2v) is 10.7. The monoisotopic (exact) mass is 481 g/mol. The summed E-state index contributed by atoms with van der Waals surface area (Å²) >= 11 is 0. The average Bonchev–Trinajstić information content (AvgIpc) is 3.17. The van der Waals surface area contributed by atoms with Gasteiger partial charge in [0.1, 0.15) is 11.4 Å². The Morgan fingerprint density at radius 3 is 2.51 bits per heavy atom. The van der Waals surface area contributed by atoms with Gasteiger partial charge in [0.2, 0.25) is 5.91 Å². The summed E-state index contributed by atoms with van der Waals surface area (Å²) in [6.45, 7) is 11.1. The van der Waals surface area contributed by atoms with Crippen LogP contribution < -0.4 is 11.1 Å². The van der Waals surface area contributed by atoms with Crippen LogP contribution in [0.3, 0.4) is 0 Å². The molecular weight excluding hydrogens is 442 g/mol. The maximum Gasteiger partial charge on any atom is 0.250 e. The Kier molecular flexibility index (Phi) is 7.28. The molecule has 190 valence electrons. The Hall–Kier alpha value is -2.78. The van der Waals surface area contributed by atoms with Crippen molar-refractivity contribution in [1.82, 2.24) is 24.8 Å². The van der Waals surface area contributed by atoms with E-state index in [0.717, 1.165) is 48.0 Å². The van der Waals surface area contributed by atoms with E-state index in [1.54, 1.807) is 6.21 Å². The SMILES string of the molecule is Cc1ncc2c(C(C=NC(C)(C)C(=O)N3C[C@@H](C)N[C@@H](C)C3)=CN)cc(C3CCC(O)CC3)n2n1. The third kappa shape index (κ3) is 5.41. The lowest BCUT2D eigenvalue weighted by Gasteiger charge is -2.39. The predicted octanol–water partition coefficient (Wildman–Crippen LogP) is 2.41. The summed E-state index contributed by atoms with van der Waals surface area (Å²) < 4.78 is 1.96. The smallest absolute Gasteiger partial charge is 0.250 e. The molecule has 9 nitrogen and oxygen atoms in total. The first-order valence-electron chi connectivity index (χ1n) is 12.6. The minimum atomic E-state index is -0.921. The average molecular weight is 482 g/mol. The molecule has 1 saturated carbocycles. The van der Waals surface area contributed by atoms with Crippen LogP contribution >= 0.6 is 0 Å². The van der Waals surface area contributed by atoms with Gasteiger partial charge in [-0.15, -0.1) is 0 Å². The number of allylic oxidation sites excluding steroid dienone is 1. The Morgan fingerprint density at radius 2 is 1.89 bits per heavy atom. The highest BCUT2D eigenvalue weighted by Gasteiger charge is 2.35. The van der Waals surface area contributed by atoms with Gasteiger partial charge in [-0.3, -0.25) is 9.79 Å². The van der Waals surface area contributed by atoms with Gasteiger partial charge in [0.05, 0.1) is 17.8 Å². The van der Waals surface area contributed by atoms with E-state index in [4.69, 9.17) is 10.7 Å². The topological polar surface area (TPSA) is 121 Å². The summed E-state index contributed by atoms with van der Waals surface area (Å²) in [7, 11) is 0. The zero-order valence-electron chi connectivity index (χ0n) is 21.5. The summed E-state index contributed by atoms with van der Waals surface area (Å²) in [6, 6.07) is 2.61. The fraction of sp³-hybridized carbons (Fsp3) is 0.615. The maximum atomic E-state index is 13.3. The van der Waals surface area contributed by atoms with Crippen molar-refractivity contribution in [3.8, 4) is 0 Å². The Labute approximate surface area is 207 Å². The van der Waals surface area contributed by atoms with Crippen molar-refractivity contribution in [2.75, 3.05) is 13.1 Å². The van der Waals surface area contributed by atoms with E-state index in [-0.39, 0.29) is 24.1 Å². The number of fused-ring (bicyclic) bond motifs is 1. The van der Waals surface area contributed by atoms with E-state index in [2.05, 4.69) is 35.3 Å². The number of hydrogen-bond acceptors (Lipinski definition) is 7. The third-order valence-corrected chi connectivity index (χ3v) is 7.16. The predicted molar refractivity (Wildman–Crippen MR) is 138 cm³/mol. The van der Waals surface area contributed by atoms with E-state index in [1.165, 1.54) is 6.20 Å². The number of nitrogens with two attached hydrogens (primary N) is 1. The number of carbonyl (C=O) groups is 1. The number of nitrogens with one attached hydrogen (secondary N) is 1. The molecule has 2 fully saturated rings. The normalized spacial score (nSPS) is 26.6. The molecule has 2 aromatic heterocycles. The van der Waals surface area contributed by atoms with Crippen molar-refractivity contribution in [3.05, 3.63) is 35.5 Å². The summed E-state index contributed by atoms with van der Waals surface area (Å²) in [6.07, 6.45) is 8.23. The summed E-state index contributed by atoms with van der Waals surface area (Å²) in [5.74, 6) is 1.00. The number of hydrogen-bond donors (Lipinski definition) is 3. The quantitative estimate of drug-likeness (QED) is 0.564. The van der Waals surface area contributed by atoms with Crippen molar-refractivity contribution in [3.63, 3.8) is 0 Å².